The molecule has 0 radical (unpaired) electrons. The molecule has 4 aromatic rings. The number of carbonyl (C=O) groups is 1. The van der Waals surface area contributed by atoms with Gasteiger partial charge in [-0.2, -0.15) is 0 Å². The van der Waals surface area contributed by atoms with E-state index in [4.69, 9.17) is 0 Å². The van der Waals surface area contributed by atoms with Gasteiger partial charge in [-0.3, -0.25) is 4.79 Å². The second kappa shape index (κ2) is 8.40. The van der Waals surface area contributed by atoms with Crippen molar-refractivity contribution < 1.29 is 13.2 Å². The molecule has 0 atom stereocenters. The molecule has 0 aliphatic heterocycles. The summed E-state index contributed by atoms with van der Waals surface area (Å²) in [7, 11) is -3.59. The average Bonchev–Trinajstić information content (AvgIpc) is 3.11. The zero-order valence-corrected chi connectivity index (χ0v) is 18.3. The summed E-state index contributed by atoms with van der Waals surface area (Å²) >= 11 is 0. The summed E-state index contributed by atoms with van der Waals surface area (Å²) in [5.41, 5.74) is 4.24. The molecule has 0 spiro atoms. The van der Waals surface area contributed by atoms with Crippen molar-refractivity contribution in [3.8, 4) is 0 Å². The number of para-hydroxylation sites is 2. The van der Waals surface area contributed by atoms with Gasteiger partial charge in [-0.15, -0.1) is 0 Å². The van der Waals surface area contributed by atoms with Gasteiger partial charge in [0.25, 0.3) is 0 Å². The summed E-state index contributed by atoms with van der Waals surface area (Å²) in [6, 6.07) is 22.3. The fourth-order valence-electron chi connectivity index (χ4n) is 3.63. The first-order valence-corrected chi connectivity index (χ1v) is 11.7. The molecule has 0 aliphatic carbocycles. The Morgan fingerprint density at radius 1 is 0.903 bits per heavy atom. The first-order valence-electron chi connectivity index (χ1n) is 10.1. The quantitative estimate of drug-likeness (QED) is 0.473. The molecule has 1 heterocycles. The van der Waals surface area contributed by atoms with Gasteiger partial charge in [-0.1, -0.05) is 66.2 Å². The predicted octanol–water partition coefficient (Wildman–Crippen LogP) is 4.87. The van der Waals surface area contributed by atoms with Gasteiger partial charge >= 0.3 is 0 Å². The summed E-state index contributed by atoms with van der Waals surface area (Å²) in [4.78, 5) is 12.9. The fourth-order valence-corrected chi connectivity index (χ4v) is 5.21. The highest BCUT2D eigenvalue weighted by Crippen LogP contribution is 2.28. The van der Waals surface area contributed by atoms with E-state index in [1.807, 2.05) is 80.6 Å². The van der Waals surface area contributed by atoms with Gasteiger partial charge in [0.05, 0.1) is 10.6 Å². The Balaban J connectivity index is 1.65. The van der Waals surface area contributed by atoms with Crippen LogP contribution >= 0.6 is 0 Å². The minimum atomic E-state index is -3.59. The van der Waals surface area contributed by atoms with Crippen molar-refractivity contribution in [2.24, 2.45) is 0 Å². The minimum Gasteiger partial charge on any atom is -0.337 e. The highest BCUT2D eigenvalue weighted by Gasteiger charge is 2.22. The number of nitrogens with zero attached hydrogens (tertiary/aromatic N) is 1. The number of aryl methyl sites for hydroxylation is 2. The Kier molecular flexibility index (Phi) is 5.65. The molecule has 1 N–H and O–H groups in total. The van der Waals surface area contributed by atoms with E-state index in [0.29, 0.717) is 10.9 Å². The number of hydrogen-bond donors (Lipinski definition) is 1. The van der Waals surface area contributed by atoms with Crippen molar-refractivity contribution in [3.05, 3.63) is 95.7 Å². The third-order valence-corrected chi connectivity index (χ3v) is 7.01. The molecule has 6 heteroatoms. The van der Waals surface area contributed by atoms with Crippen molar-refractivity contribution in [1.82, 2.24) is 4.57 Å². The lowest BCUT2D eigenvalue weighted by molar-refractivity contribution is -0.116. The Hall–Kier alpha value is -3.38. The minimum absolute atomic E-state index is 0.0227. The van der Waals surface area contributed by atoms with Crippen LogP contribution in [-0.2, 0) is 26.9 Å². The summed E-state index contributed by atoms with van der Waals surface area (Å²) in [5.74, 6) is -0.297. The van der Waals surface area contributed by atoms with E-state index in [-0.39, 0.29) is 23.1 Å². The monoisotopic (exact) mass is 432 g/mol. The number of rotatable bonds is 6. The van der Waals surface area contributed by atoms with Crippen molar-refractivity contribution in [2.45, 2.75) is 31.0 Å². The standard InChI is InChI=1S/C25H24N2O3S/c1-18-11-13-20(14-12-18)17-31(29,30)24-15-27(23-10-6-4-8-21(23)24)16-25(28)26-22-9-5-3-7-19(22)2/h3-15H,16-17H2,1-2H3,(H,26,28). The maximum absolute atomic E-state index is 13.2. The van der Waals surface area contributed by atoms with Crippen LogP contribution in [0.2, 0.25) is 0 Å². The number of sulfone groups is 1. The fraction of sp³-hybridized carbons (Fsp3) is 0.160. The number of hydrogen-bond acceptors (Lipinski definition) is 3. The zero-order valence-electron chi connectivity index (χ0n) is 17.5. The van der Waals surface area contributed by atoms with Crippen LogP contribution in [-0.4, -0.2) is 18.9 Å². The van der Waals surface area contributed by atoms with E-state index in [0.717, 1.165) is 22.4 Å². The number of benzene rings is 3. The predicted molar refractivity (Wildman–Crippen MR) is 124 cm³/mol. The lowest BCUT2D eigenvalue weighted by Gasteiger charge is -2.09. The van der Waals surface area contributed by atoms with Crippen LogP contribution in [0.25, 0.3) is 10.9 Å². The molecule has 1 amide bonds. The number of fused-ring (bicyclic) bond motifs is 1. The Morgan fingerprint density at radius 2 is 1.58 bits per heavy atom. The molecule has 0 saturated heterocycles. The second-order valence-electron chi connectivity index (χ2n) is 7.75. The van der Waals surface area contributed by atoms with Crippen LogP contribution in [0.3, 0.4) is 0 Å². The number of aromatic nitrogens is 1. The third-order valence-electron chi connectivity index (χ3n) is 5.30. The molecule has 0 unspecified atom stereocenters. The lowest BCUT2D eigenvalue weighted by atomic mass is 10.2. The molecule has 0 aliphatic rings. The van der Waals surface area contributed by atoms with E-state index >= 15 is 0 Å². The Labute approximate surface area is 182 Å². The normalized spacial score (nSPS) is 11.5. The molecule has 3 aromatic carbocycles. The molecule has 0 bridgehead atoms. The Bertz CT molecular complexity index is 1350. The highest BCUT2D eigenvalue weighted by atomic mass is 32.2. The first-order chi connectivity index (χ1) is 14.8. The first kappa shape index (κ1) is 20.9. The van der Waals surface area contributed by atoms with Crippen LogP contribution in [0, 0.1) is 13.8 Å². The molecular formula is C25H24N2O3S. The van der Waals surface area contributed by atoms with Crippen LogP contribution in [0.1, 0.15) is 16.7 Å². The molecule has 31 heavy (non-hydrogen) atoms. The molecule has 4 rings (SSSR count). The zero-order chi connectivity index (χ0) is 22.0. The smallest absolute Gasteiger partial charge is 0.244 e. The largest absolute Gasteiger partial charge is 0.337 e. The molecule has 5 nitrogen and oxygen atoms in total. The van der Waals surface area contributed by atoms with E-state index in [9.17, 15) is 13.2 Å². The van der Waals surface area contributed by atoms with Crippen LogP contribution in [0.5, 0.6) is 0 Å². The summed E-state index contributed by atoms with van der Waals surface area (Å²) in [5, 5.41) is 3.53. The van der Waals surface area contributed by atoms with E-state index < -0.39 is 9.84 Å². The van der Waals surface area contributed by atoms with Crippen molar-refractivity contribution in [2.75, 3.05) is 5.32 Å². The number of anilines is 1. The third kappa shape index (κ3) is 4.54. The van der Waals surface area contributed by atoms with Crippen molar-refractivity contribution in [1.29, 1.82) is 0 Å². The SMILES string of the molecule is Cc1ccc(CS(=O)(=O)c2cn(CC(=O)Nc3ccccc3C)c3ccccc23)cc1. The maximum Gasteiger partial charge on any atom is 0.244 e. The summed E-state index contributed by atoms with van der Waals surface area (Å²) in [6.45, 7) is 3.92. The maximum atomic E-state index is 13.2. The number of carbonyl (C=O) groups excluding carboxylic acids is 1. The summed E-state index contributed by atoms with van der Waals surface area (Å²) in [6.07, 6.45) is 1.58. The van der Waals surface area contributed by atoms with Gasteiger partial charge < -0.3 is 9.88 Å². The van der Waals surface area contributed by atoms with Crippen LogP contribution in [0.4, 0.5) is 5.69 Å². The van der Waals surface area contributed by atoms with Gasteiger partial charge in [-0.25, -0.2) is 8.42 Å². The molecule has 158 valence electrons. The number of amides is 1. The van der Waals surface area contributed by atoms with Gasteiger partial charge in [0, 0.05) is 22.8 Å². The summed E-state index contributed by atoms with van der Waals surface area (Å²) < 4.78 is 28.1. The second-order valence-corrected chi connectivity index (χ2v) is 9.70. The van der Waals surface area contributed by atoms with Crippen molar-refractivity contribution in [3.63, 3.8) is 0 Å². The van der Waals surface area contributed by atoms with Gasteiger partial charge in [0.2, 0.25) is 5.91 Å². The van der Waals surface area contributed by atoms with E-state index in [1.54, 1.807) is 16.8 Å². The Morgan fingerprint density at radius 3 is 2.32 bits per heavy atom. The van der Waals surface area contributed by atoms with Crippen LogP contribution in [0.15, 0.2) is 83.9 Å². The number of nitrogens with one attached hydrogen (secondary N) is 1. The average molecular weight is 433 g/mol. The molecule has 0 saturated carbocycles. The van der Waals surface area contributed by atoms with Gasteiger partial charge in [0.15, 0.2) is 9.84 Å². The van der Waals surface area contributed by atoms with Crippen molar-refractivity contribution >= 4 is 32.3 Å². The van der Waals surface area contributed by atoms with Gasteiger partial charge in [-0.05, 0) is 37.1 Å². The molecule has 0 fully saturated rings. The van der Waals surface area contributed by atoms with Crippen LogP contribution < -0.4 is 5.32 Å². The van der Waals surface area contributed by atoms with Gasteiger partial charge in [0.1, 0.15) is 6.54 Å². The lowest BCUT2D eigenvalue weighted by Crippen LogP contribution is -2.18. The van der Waals surface area contributed by atoms with E-state index in [2.05, 4.69) is 5.32 Å². The topological polar surface area (TPSA) is 68.2 Å². The highest BCUT2D eigenvalue weighted by molar-refractivity contribution is 7.90. The molecular weight excluding hydrogens is 408 g/mol. The van der Waals surface area contributed by atoms with E-state index in [1.165, 1.54) is 0 Å². The molecule has 1 aromatic heterocycles.